The van der Waals surface area contributed by atoms with Gasteiger partial charge in [0.05, 0.1) is 16.2 Å². The highest BCUT2D eigenvalue weighted by Gasteiger charge is 2.33. The summed E-state index contributed by atoms with van der Waals surface area (Å²) >= 11 is 0. The summed E-state index contributed by atoms with van der Waals surface area (Å²) in [5.41, 5.74) is 5.33. The second kappa shape index (κ2) is 11.1. The predicted molar refractivity (Wildman–Crippen MR) is 166 cm³/mol. The maximum Gasteiger partial charge on any atom is 0.264 e. The highest BCUT2D eigenvalue weighted by Crippen LogP contribution is 2.38. The van der Waals surface area contributed by atoms with Crippen LogP contribution in [-0.4, -0.2) is 80.6 Å². The zero-order valence-corrected chi connectivity index (χ0v) is 25.4. The molecule has 2 N–H and O–H groups in total. The van der Waals surface area contributed by atoms with Gasteiger partial charge in [0.15, 0.2) is 5.78 Å². The lowest BCUT2D eigenvalue weighted by atomic mass is 9.98. The van der Waals surface area contributed by atoms with E-state index in [1.54, 1.807) is 25.1 Å². The fourth-order valence-corrected chi connectivity index (χ4v) is 7.84. The average molecular weight is 602 g/mol. The van der Waals surface area contributed by atoms with Crippen molar-refractivity contribution in [2.45, 2.75) is 38.0 Å². The van der Waals surface area contributed by atoms with Gasteiger partial charge in [0.1, 0.15) is 0 Å². The number of aromatic amines is 1. The quantitative estimate of drug-likeness (QED) is 0.316. The molecule has 0 saturated carbocycles. The summed E-state index contributed by atoms with van der Waals surface area (Å²) in [5.74, 6) is -0.467. The minimum Gasteiger partial charge on any atom is -0.358 e. The number of hydrogen-bond donors (Lipinski definition) is 2. The van der Waals surface area contributed by atoms with Crippen LogP contribution in [0.5, 0.6) is 0 Å². The van der Waals surface area contributed by atoms with Gasteiger partial charge in [-0.2, -0.15) is 0 Å². The fourth-order valence-electron chi connectivity index (χ4n) is 6.31. The highest BCUT2D eigenvalue weighted by molar-refractivity contribution is 7.92. The molecule has 2 aromatic carbocycles. The fraction of sp³-hybridized carbons (Fsp3) is 0.344. The number of Topliss-reactive ketones (excluding diaryl/α,β-unsaturated/α-hetero) is 1. The van der Waals surface area contributed by atoms with Crippen LogP contribution in [-0.2, 0) is 32.5 Å². The van der Waals surface area contributed by atoms with Crippen LogP contribution in [0.25, 0.3) is 11.6 Å². The van der Waals surface area contributed by atoms with E-state index in [1.165, 1.54) is 23.4 Å². The molecule has 0 atom stereocenters. The molecule has 4 heterocycles. The van der Waals surface area contributed by atoms with E-state index >= 15 is 0 Å². The van der Waals surface area contributed by atoms with Gasteiger partial charge < -0.3 is 20.1 Å². The number of nitrogens with zero attached hydrogens (tertiary/aromatic N) is 3. The molecule has 0 aliphatic carbocycles. The van der Waals surface area contributed by atoms with Gasteiger partial charge in [0.2, 0.25) is 5.91 Å². The molecule has 43 heavy (non-hydrogen) atoms. The molecule has 3 aliphatic rings. The molecule has 1 saturated heterocycles. The number of carbonyl (C=O) groups excluding carboxylic acids is 3. The van der Waals surface area contributed by atoms with Crippen molar-refractivity contribution in [3.8, 4) is 0 Å². The van der Waals surface area contributed by atoms with Crippen molar-refractivity contribution < 1.29 is 22.8 Å². The number of H-pyrrole nitrogens is 1. The molecule has 0 radical (unpaired) electrons. The Morgan fingerprint density at radius 1 is 1.02 bits per heavy atom. The van der Waals surface area contributed by atoms with E-state index in [9.17, 15) is 22.8 Å². The Kier molecular flexibility index (Phi) is 7.47. The predicted octanol–water partition coefficient (Wildman–Crippen LogP) is 3.48. The molecule has 0 spiro atoms. The van der Waals surface area contributed by atoms with Crippen molar-refractivity contribution in [1.82, 2.24) is 14.8 Å². The summed E-state index contributed by atoms with van der Waals surface area (Å²) in [4.78, 5) is 46.2. The Labute approximate surface area is 251 Å². The number of aromatic nitrogens is 1. The molecule has 1 aromatic heterocycles. The van der Waals surface area contributed by atoms with Gasteiger partial charge in [0.25, 0.3) is 15.9 Å². The van der Waals surface area contributed by atoms with E-state index in [4.69, 9.17) is 0 Å². The molecule has 0 bridgehead atoms. The molecule has 2 amide bonds. The lowest BCUT2D eigenvalue weighted by Crippen LogP contribution is -2.47. The lowest BCUT2D eigenvalue weighted by molar-refractivity contribution is -0.132. The number of para-hydroxylation sites is 1. The molecule has 3 aliphatic heterocycles. The summed E-state index contributed by atoms with van der Waals surface area (Å²) in [6.45, 7) is 6.62. The smallest absolute Gasteiger partial charge is 0.264 e. The molecule has 1 fully saturated rings. The van der Waals surface area contributed by atoms with Crippen molar-refractivity contribution in [2.24, 2.45) is 0 Å². The number of benzene rings is 2. The number of anilines is 2. The van der Waals surface area contributed by atoms with Crippen molar-refractivity contribution in [3.05, 3.63) is 76.1 Å². The third-order valence-corrected chi connectivity index (χ3v) is 10.4. The molecule has 11 heteroatoms. The largest absolute Gasteiger partial charge is 0.358 e. The van der Waals surface area contributed by atoms with E-state index in [0.29, 0.717) is 71.9 Å². The van der Waals surface area contributed by atoms with Crippen molar-refractivity contribution in [1.29, 1.82) is 0 Å². The first-order valence-corrected chi connectivity index (χ1v) is 16.0. The summed E-state index contributed by atoms with van der Waals surface area (Å²) in [6.07, 6.45) is 2.87. The Balaban J connectivity index is 1.33. The molecule has 3 aromatic rings. The number of nitrogens with one attached hydrogen (secondary N) is 2. The minimum atomic E-state index is -3.87. The normalized spacial score (nSPS) is 17.7. The van der Waals surface area contributed by atoms with Crippen molar-refractivity contribution >= 4 is 50.6 Å². The monoisotopic (exact) mass is 601 g/mol. The number of ketones is 1. The van der Waals surface area contributed by atoms with Gasteiger partial charge in [-0.3, -0.25) is 18.7 Å². The molecular formula is C32H35N5O5S. The second-order valence-electron chi connectivity index (χ2n) is 11.4. The van der Waals surface area contributed by atoms with Gasteiger partial charge in [-0.1, -0.05) is 18.2 Å². The number of aryl methyl sites for hydroxylation is 1. The number of likely N-dealkylation sites (N-methyl/N-ethyl adjacent to an activating group) is 1. The third-order valence-electron chi connectivity index (χ3n) is 8.62. The van der Waals surface area contributed by atoms with E-state index in [-0.39, 0.29) is 34.5 Å². The van der Waals surface area contributed by atoms with Crippen molar-refractivity contribution in [2.75, 3.05) is 49.4 Å². The van der Waals surface area contributed by atoms with Crippen LogP contribution in [0.2, 0.25) is 0 Å². The molecule has 0 unspecified atom stereocenters. The number of sulfonamides is 1. The zero-order chi connectivity index (χ0) is 30.5. The number of carbonyl (C=O) groups is 3. The van der Waals surface area contributed by atoms with Crippen LogP contribution in [0.3, 0.4) is 0 Å². The second-order valence-corrected chi connectivity index (χ2v) is 13.3. The van der Waals surface area contributed by atoms with E-state index < -0.39 is 10.0 Å². The van der Waals surface area contributed by atoms with Crippen LogP contribution in [0.15, 0.2) is 47.4 Å². The Bertz CT molecular complexity index is 1780. The number of amides is 2. The summed E-state index contributed by atoms with van der Waals surface area (Å²) in [6, 6.07) is 12.1. The molecule has 10 nitrogen and oxygen atoms in total. The Morgan fingerprint density at radius 2 is 1.77 bits per heavy atom. The highest BCUT2D eigenvalue weighted by atomic mass is 32.2. The van der Waals surface area contributed by atoms with Crippen LogP contribution in [0.1, 0.15) is 51.8 Å². The van der Waals surface area contributed by atoms with Crippen LogP contribution in [0, 0.1) is 6.92 Å². The molecular weight excluding hydrogens is 566 g/mol. The van der Waals surface area contributed by atoms with E-state index in [1.807, 2.05) is 30.1 Å². The number of rotatable bonds is 7. The number of piperazine rings is 1. The Hall–Kier alpha value is -4.22. The van der Waals surface area contributed by atoms with Gasteiger partial charge >= 0.3 is 0 Å². The van der Waals surface area contributed by atoms with Crippen LogP contribution < -0.4 is 9.62 Å². The third kappa shape index (κ3) is 5.27. The van der Waals surface area contributed by atoms with Gasteiger partial charge in [-0.15, -0.1) is 0 Å². The topological polar surface area (TPSA) is 123 Å². The Morgan fingerprint density at radius 3 is 2.51 bits per heavy atom. The van der Waals surface area contributed by atoms with Gasteiger partial charge in [-0.25, -0.2) is 8.42 Å². The maximum absolute atomic E-state index is 13.7. The average Bonchev–Trinajstić information content (AvgIpc) is 3.65. The minimum absolute atomic E-state index is 0.0300. The number of fused-ring (bicyclic) bond motifs is 2. The SMILES string of the molecule is CC(=O)c1c(C)[nH]c(C=C2C(=O)Nc3ccc(S(=O)(=O)N4CCc5ccccc54)cc32)c1CCC(=O)N1CCN(C)CC1. The maximum atomic E-state index is 13.7. The number of hydrogen-bond acceptors (Lipinski definition) is 6. The molecule has 6 rings (SSSR count). The van der Waals surface area contributed by atoms with Crippen LogP contribution in [0.4, 0.5) is 11.4 Å². The summed E-state index contributed by atoms with van der Waals surface area (Å²) in [5, 5.41) is 2.83. The lowest BCUT2D eigenvalue weighted by Gasteiger charge is -2.32. The van der Waals surface area contributed by atoms with E-state index in [0.717, 1.165) is 18.7 Å². The van der Waals surface area contributed by atoms with Crippen molar-refractivity contribution in [3.63, 3.8) is 0 Å². The summed E-state index contributed by atoms with van der Waals surface area (Å²) in [7, 11) is -1.84. The van der Waals surface area contributed by atoms with Gasteiger partial charge in [-0.05, 0) is 75.2 Å². The first kappa shape index (κ1) is 28.9. The first-order valence-electron chi connectivity index (χ1n) is 14.5. The van der Waals surface area contributed by atoms with E-state index in [2.05, 4.69) is 15.2 Å². The van der Waals surface area contributed by atoms with Crippen LogP contribution >= 0.6 is 0 Å². The molecule has 224 valence electrons. The standard InChI is InChI=1S/C32H35N5O5S/c1-20-31(21(2)38)24(9-11-30(39)36-16-14-35(3)15-17-36)28(33-20)19-26-25-18-23(8-10-27(25)34-32(26)40)43(41,42)37-13-12-22-6-4-5-7-29(22)37/h4-8,10,18-19,33H,9,11-17H2,1-3H3,(H,34,40). The zero-order valence-electron chi connectivity index (χ0n) is 24.6. The summed E-state index contributed by atoms with van der Waals surface area (Å²) < 4.78 is 28.9. The van der Waals surface area contributed by atoms with Gasteiger partial charge in [0, 0.05) is 67.3 Å². The first-order chi connectivity index (χ1) is 20.5.